The van der Waals surface area contributed by atoms with Crippen molar-refractivity contribution < 1.29 is 18.1 Å². The summed E-state index contributed by atoms with van der Waals surface area (Å²) in [5, 5.41) is 0. The summed E-state index contributed by atoms with van der Waals surface area (Å²) in [4.78, 5) is 0. The van der Waals surface area contributed by atoms with Crippen LogP contribution in [0, 0.1) is 0 Å². The SMILES string of the molecule is CCCCCCCOP(=O)(OC)OC=C(Cl)Cl. The van der Waals surface area contributed by atoms with Gasteiger partial charge in [-0.25, -0.2) is 4.57 Å². The quantitative estimate of drug-likeness (QED) is 0.323. The van der Waals surface area contributed by atoms with E-state index in [9.17, 15) is 4.57 Å². The van der Waals surface area contributed by atoms with Gasteiger partial charge in [0.05, 0.1) is 6.61 Å². The topological polar surface area (TPSA) is 44.8 Å². The number of phosphoric ester groups is 1. The highest BCUT2D eigenvalue weighted by molar-refractivity contribution is 7.48. The standard InChI is InChI=1S/C10H19Cl2O4P/c1-3-4-5-6-7-8-15-17(13,14-2)16-9-10(11)12/h9H,3-8H2,1-2H3. The van der Waals surface area contributed by atoms with E-state index in [0.717, 1.165) is 25.5 Å². The van der Waals surface area contributed by atoms with E-state index in [0.29, 0.717) is 6.61 Å². The van der Waals surface area contributed by atoms with Gasteiger partial charge in [0.1, 0.15) is 10.8 Å². The van der Waals surface area contributed by atoms with Crippen LogP contribution in [0.25, 0.3) is 0 Å². The van der Waals surface area contributed by atoms with Gasteiger partial charge in [-0.3, -0.25) is 9.05 Å². The number of hydrogen-bond acceptors (Lipinski definition) is 4. The molecule has 0 heterocycles. The Morgan fingerprint density at radius 1 is 1.24 bits per heavy atom. The van der Waals surface area contributed by atoms with Crippen molar-refractivity contribution in [3.63, 3.8) is 0 Å². The third-order valence-corrected chi connectivity index (χ3v) is 3.48. The summed E-state index contributed by atoms with van der Waals surface area (Å²) in [6.07, 6.45) is 6.30. The maximum atomic E-state index is 11.7. The Morgan fingerprint density at radius 3 is 2.41 bits per heavy atom. The van der Waals surface area contributed by atoms with E-state index >= 15 is 0 Å². The molecule has 0 aromatic heterocycles. The van der Waals surface area contributed by atoms with Gasteiger partial charge in [0.15, 0.2) is 0 Å². The van der Waals surface area contributed by atoms with E-state index in [-0.39, 0.29) is 4.49 Å². The monoisotopic (exact) mass is 304 g/mol. The molecule has 0 rings (SSSR count). The highest BCUT2D eigenvalue weighted by Gasteiger charge is 2.24. The molecule has 7 heteroatoms. The normalized spacial score (nSPS) is 14.1. The van der Waals surface area contributed by atoms with Crippen LogP contribution < -0.4 is 0 Å². The molecule has 0 saturated heterocycles. The summed E-state index contributed by atoms with van der Waals surface area (Å²) >= 11 is 10.7. The Morgan fingerprint density at radius 2 is 1.88 bits per heavy atom. The summed E-state index contributed by atoms with van der Waals surface area (Å²) in [5.41, 5.74) is 0. The van der Waals surface area contributed by atoms with Gasteiger partial charge in [-0.15, -0.1) is 0 Å². The summed E-state index contributed by atoms with van der Waals surface area (Å²) in [5.74, 6) is 0. The van der Waals surface area contributed by atoms with Gasteiger partial charge in [-0.05, 0) is 6.42 Å². The molecule has 0 saturated carbocycles. The number of unbranched alkanes of at least 4 members (excludes halogenated alkanes) is 4. The fourth-order valence-electron chi connectivity index (χ4n) is 1.11. The predicted octanol–water partition coefficient (Wildman–Crippen LogP) is 5.02. The number of rotatable bonds is 10. The van der Waals surface area contributed by atoms with E-state index in [1.807, 2.05) is 0 Å². The van der Waals surface area contributed by atoms with Crippen LogP contribution in [0.15, 0.2) is 10.8 Å². The summed E-state index contributed by atoms with van der Waals surface area (Å²) in [6.45, 7) is 2.47. The highest BCUT2D eigenvalue weighted by Crippen LogP contribution is 2.49. The Kier molecular flexibility index (Phi) is 10.4. The zero-order valence-electron chi connectivity index (χ0n) is 10.2. The number of phosphoric acid groups is 1. The second-order valence-corrected chi connectivity index (χ2v) is 6.13. The largest absolute Gasteiger partial charge is 0.529 e. The lowest BCUT2D eigenvalue weighted by Crippen LogP contribution is -1.97. The molecule has 0 bridgehead atoms. The molecule has 0 N–H and O–H groups in total. The molecule has 0 aliphatic rings. The van der Waals surface area contributed by atoms with Gasteiger partial charge < -0.3 is 4.52 Å². The van der Waals surface area contributed by atoms with Crippen molar-refractivity contribution in [2.24, 2.45) is 0 Å². The molecule has 1 unspecified atom stereocenters. The first-order valence-corrected chi connectivity index (χ1v) is 7.75. The van der Waals surface area contributed by atoms with E-state index in [1.54, 1.807) is 0 Å². The molecule has 4 nitrogen and oxygen atoms in total. The van der Waals surface area contributed by atoms with Crippen LogP contribution in [-0.4, -0.2) is 13.7 Å². The molecule has 0 aliphatic heterocycles. The summed E-state index contributed by atoms with van der Waals surface area (Å²) in [7, 11) is -2.31. The zero-order chi connectivity index (χ0) is 13.1. The van der Waals surface area contributed by atoms with E-state index in [4.69, 9.17) is 32.2 Å². The molecule has 17 heavy (non-hydrogen) atoms. The summed E-state index contributed by atoms with van der Waals surface area (Å²) in [6, 6.07) is 0. The lowest BCUT2D eigenvalue weighted by molar-refractivity contribution is 0.162. The van der Waals surface area contributed by atoms with Gasteiger partial charge in [-0.1, -0.05) is 55.8 Å². The van der Waals surface area contributed by atoms with E-state index in [2.05, 4.69) is 11.4 Å². The first-order valence-electron chi connectivity index (χ1n) is 5.54. The Bertz CT molecular complexity index is 267. The van der Waals surface area contributed by atoms with Crippen LogP contribution >= 0.6 is 31.0 Å². The van der Waals surface area contributed by atoms with Gasteiger partial charge in [0.25, 0.3) is 0 Å². The molecule has 0 spiro atoms. The van der Waals surface area contributed by atoms with Crippen LogP contribution in [0.2, 0.25) is 0 Å². The predicted molar refractivity (Wildman–Crippen MR) is 70.2 cm³/mol. The third kappa shape index (κ3) is 9.93. The molecule has 0 fully saturated rings. The molecule has 0 aromatic rings. The van der Waals surface area contributed by atoms with Crippen molar-refractivity contribution in [3.05, 3.63) is 10.8 Å². The second-order valence-electron chi connectivity index (χ2n) is 3.39. The molecule has 102 valence electrons. The van der Waals surface area contributed by atoms with E-state index in [1.165, 1.54) is 20.0 Å². The average molecular weight is 305 g/mol. The lowest BCUT2D eigenvalue weighted by Gasteiger charge is -2.13. The minimum Gasteiger partial charge on any atom is -0.409 e. The molecular weight excluding hydrogens is 286 g/mol. The Balaban J connectivity index is 3.80. The molecule has 0 aromatic carbocycles. The second kappa shape index (κ2) is 10.2. The van der Waals surface area contributed by atoms with Crippen molar-refractivity contribution >= 4 is 31.0 Å². The van der Waals surface area contributed by atoms with Gasteiger partial charge >= 0.3 is 7.82 Å². The van der Waals surface area contributed by atoms with Crippen molar-refractivity contribution in [2.75, 3.05) is 13.7 Å². The number of halogens is 2. The fraction of sp³-hybridized carbons (Fsp3) is 0.800. The van der Waals surface area contributed by atoms with Crippen molar-refractivity contribution in [2.45, 2.75) is 39.0 Å². The van der Waals surface area contributed by atoms with Crippen molar-refractivity contribution in [3.8, 4) is 0 Å². The Labute approximate surface area is 113 Å². The third-order valence-electron chi connectivity index (χ3n) is 1.99. The first kappa shape index (κ1) is 17.3. The highest BCUT2D eigenvalue weighted by atomic mass is 35.5. The van der Waals surface area contributed by atoms with Crippen LogP contribution in [0.5, 0.6) is 0 Å². The van der Waals surface area contributed by atoms with Crippen molar-refractivity contribution in [1.82, 2.24) is 0 Å². The average Bonchev–Trinajstić information content (AvgIpc) is 2.31. The molecule has 0 radical (unpaired) electrons. The van der Waals surface area contributed by atoms with Crippen LogP contribution in [0.4, 0.5) is 0 Å². The Hall–Kier alpha value is 0.270. The van der Waals surface area contributed by atoms with Gasteiger partial charge in [-0.2, -0.15) is 0 Å². The van der Waals surface area contributed by atoms with Crippen LogP contribution in [0.1, 0.15) is 39.0 Å². The smallest absolute Gasteiger partial charge is 0.409 e. The molecule has 1 atom stereocenters. The van der Waals surface area contributed by atoms with Crippen LogP contribution in [0.3, 0.4) is 0 Å². The van der Waals surface area contributed by atoms with Crippen LogP contribution in [-0.2, 0) is 18.1 Å². The molecule has 0 aliphatic carbocycles. The van der Waals surface area contributed by atoms with Gasteiger partial charge in [0, 0.05) is 7.11 Å². The molecule has 0 amide bonds. The zero-order valence-corrected chi connectivity index (χ0v) is 12.6. The van der Waals surface area contributed by atoms with Gasteiger partial charge in [0.2, 0.25) is 0 Å². The fourth-order valence-corrected chi connectivity index (χ4v) is 2.17. The first-order chi connectivity index (χ1) is 8.04. The minimum atomic E-state index is -3.55. The lowest BCUT2D eigenvalue weighted by atomic mass is 10.2. The summed E-state index contributed by atoms with van der Waals surface area (Å²) < 4.78 is 26.1. The van der Waals surface area contributed by atoms with Crippen molar-refractivity contribution in [1.29, 1.82) is 0 Å². The van der Waals surface area contributed by atoms with E-state index < -0.39 is 7.82 Å². The maximum absolute atomic E-state index is 11.7. The maximum Gasteiger partial charge on any atom is 0.529 e. The molecular formula is C10H19Cl2O4P. The number of hydrogen-bond donors (Lipinski definition) is 0. The minimum absolute atomic E-state index is 0.145.